The largest absolute Gasteiger partial charge is 0.454 e. The molecule has 0 saturated carbocycles. The average Bonchev–Trinajstić information content (AvgIpc) is 2.97. The summed E-state index contributed by atoms with van der Waals surface area (Å²) in [4.78, 5) is 22.6. The third-order valence-corrected chi connectivity index (χ3v) is 3.68. The van der Waals surface area contributed by atoms with E-state index in [-0.39, 0.29) is 17.5 Å². The number of ether oxygens (including phenoxy) is 2. The second kappa shape index (κ2) is 5.77. The quantitative estimate of drug-likeness (QED) is 0.684. The summed E-state index contributed by atoms with van der Waals surface area (Å²) < 4.78 is 10.4. The molecule has 0 aliphatic carbocycles. The van der Waals surface area contributed by atoms with Crippen LogP contribution < -0.4 is 14.8 Å². The molecule has 7 nitrogen and oxygen atoms in total. The van der Waals surface area contributed by atoms with Crippen molar-refractivity contribution in [2.75, 3.05) is 12.1 Å². The van der Waals surface area contributed by atoms with Gasteiger partial charge in [0.2, 0.25) is 6.79 Å². The molecule has 8 heteroatoms. The van der Waals surface area contributed by atoms with Gasteiger partial charge in [-0.2, -0.15) is 0 Å². The molecule has 2 aromatic rings. The van der Waals surface area contributed by atoms with Crippen molar-refractivity contribution in [1.82, 2.24) is 0 Å². The molecule has 0 radical (unpaired) electrons. The monoisotopic (exact) mass is 334 g/mol. The van der Waals surface area contributed by atoms with Crippen molar-refractivity contribution in [2.45, 2.75) is 6.92 Å². The van der Waals surface area contributed by atoms with E-state index in [0.29, 0.717) is 28.3 Å². The number of benzene rings is 2. The minimum atomic E-state index is -0.523. The second-order valence-electron chi connectivity index (χ2n) is 4.90. The number of nitrogens with zero attached hydrogens (tertiary/aromatic N) is 1. The fraction of sp³-hybridized carbons (Fsp3) is 0.133. The molecule has 1 heterocycles. The zero-order chi connectivity index (χ0) is 16.6. The number of hydrogen-bond donors (Lipinski definition) is 1. The van der Waals surface area contributed by atoms with E-state index >= 15 is 0 Å². The lowest BCUT2D eigenvalue weighted by Gasteiger charge is -2.09. The molecule has 1 aliphatic heterocycles. The Hall–Kier alpha value is -2.80. The zero-order valence-electron chi connectivity index (χ0n) is 12.0. The third kappa shape index (κ3) is 2.91. The second-order valence-corrected chi connectivity index (χ2v) is 5.31. The fourth-order valence-electron chi connectivity index (χ4n) is 2.20. The first-order chi connectivity index (χ1) is 11.0. The van der Waals surface area contributed by atoms with Crippen LogP contribution in [0, 0.1) is 17.0 Å². The summed E-state index contributed by atoms with van der Waals surface area (Å²) in [6.07, 6.45) is 0. The highest BCUT2D eigenvalue weighted by Crippen LogP contribution is 2.34. The van der Waals surface area contributed by atoms with Gasteiger partial charge in [0.1, 0.15) is 0 Å². The molecule has 0 saturated heterocycles. The van der Waals surface area contributed by atoms with Crippen LogP contribution in [-0.2, 0) is 0 Å². The summed E-state index contributed by atoms with van der Waals surface area (Å²) in [7, 11) is 0. The number of hydrogen-bond acceptors (Lipinski definition) is 5. The van der Waals surface area contributed by atoms with Crippen LogP contribution in [0.15, 0.2) is 30.3 Å². The van der Waals surface area contributed by atoms with Gasteiger partial charge >= 0.3 is 0 Å². The summed E-state index contributed by atoms with van der Waals surface area (Å²) in [5.41, 5.74) is 0.968. The molecule has 0 unspecified atom stereocenters. The smallest absolute Gasteiger partial charge is 0.273 e. The van der Waals surface area contributed by atoms with Crippen LogP contribution >= 0.6 is 11.6 Å². The van der Waals surface area contributed by atoms with Gasteiger partial charge in [-0.05, 0) is 31.2 Å². The molecule has 3 rings (SSSR count). The Bertz CT molecular complexity index is 822. The number of halogens is 1. The normalized spacial score (nSPS) is 12.1. The van der Waals surface area contributed by atoms with Gasteiger partial charge in [0.05, 0.1) is 15.6 Å². The molecule has 0 spiro atoms. The predicted octanol–water partition coefficient (Wildman–Crippen LogP) is 3.54. The molecular formula is C15H11ClN2O5. The predicted molar refractivity (Wildman–Crippen MR) is 83.4 cm³/mol. The number of carbonyl (C=O) groups excluding carboxylic acids is 1. The lowest BCUT2D eigenvalue weighted by molar-refractivity contribution is -0.385. The number of anilines is 1. The van der Waals surface area contributed by atoms with Crippen molar-refractivity contribution in [3.63, 3.8) is 0 Å². The van der Waals surface area contributed by atoms with Crippen LogP contribution in [0.3, 0.4) is 0 Å². The Morgan fingerprint density at radius 2 is 2.00 bits per heavy atom. The molecule has 0 bridgehead atoms. The van der Waals surface area contributed by atoms with Crippen LogP contribution in [0.25, 0.3) is 0 Å². The number of nitro benzene ring substituents is 1. The Morgan fingerprint density at radius 3 is 2.74 bits per heavy atom. The number of aryl methyl sites for hydroxylation is 1. The molecule has 0 fully saturated rings. The third-order valence-electron chi connectivity index (χ3n) is 3.37. The highest BCUT2D eigenvalue weighted by molar-refractivity contribution is 6.34. The Labute approximate surface area is 135 Å². The summed E-state index contributed by atoms with van der Waals surface area (Å²) in [5.74, 6) is 0.660. The summed E-state index contributed by atoms with van der Waals surface area (Å²) in [6, 6.07) is 7.47. The number of fused-ring (bicyclic) bond motifs is 1. The molecule has 1 N–H and O–H groups in total. The number of nitro groups is 1. The van der Waals surface area contributed by atoms with E-state index in [1.807, 2.05) is 0 Å². The molecule has 0 atom stereocenters. The minimum Gasteiger partial charge on any atom is -0.454 e. The van der Waals surface area contributed by atoms with Gasteiger partial charge < -0.3 is 14.8 Å². The number of rotatable bonds is 3. The molecule has 118 valence electrons. The van der Waals surface area contributed by atoms with Crippen molar-refractivity contribution < 1.29 is 19.2 Å². The maximum absolute atomic E-state index is 12.3. The van der Waals surface area contributed by atoms with E-state index in [4.69, 9.17) is 21.1 Å². The fourth-order valence-corrected chi connectivity index (χ4v) is 2.40. The van der Waals surface area contributed by atoms with Crippen molar-refractivity contribution in [1.29, 1.82) is 0 Å². The van der Waals surface area contributed by atoms with E-state index in [2.05, 4.69) is 5.32 Å². The standard InChI is InChI=1S/C15H11ClN2O5/c1-8-4-11(10(16)6-12(8)18(20)21)17-15(19)9-2-3-13-14(5-9)23-7-22-13/h2-6H,7H2,1H3,(H,17,19). The number of nitrogens with one attached hydrogen (secondary N) is 1. The van der Waals surface area contributed by atoms with Gasteiger partial charge in [-0.15, -0.1) is 0 Å². The van der Waals surface area contributed by atoms with Crippen LogP contribution in [0.1, 0.15) is 15.9 Å². The van der Waals surface area contributed by atoms with Crippen molar-refractivity contribution >= 4 is 28.9 Å². The molecule has 1 aliphatic rings. The minimum absolute atomic E-state index is 0.0939. The van der Waals surface area contributed by atoms with Crippen molar-refractivity contribution in [3.05, 3.63) is 56.6 Å². The van der Waals surface area contributed by atoms with Crippen LogP contribution in [0.5, 0.6) is 11.5 Å². The van der Waals surface area contributed by atoms with Gasteiger partial charge in [-0.1, -0.05) is 11.6 Å². The molecule has 0 aromatic heterocycles. The lowest BCUT2D eigenvalue weighted by atomic mass is 10.1. The summed E-state index contributed by atoms with van der Waals surface area (Å²) >= 11 is 6.01. The van der Waals surface area contributed by atoms with Gasteiger partial charge in [0.25, 0.3) is 11.6 Å². The van der Waals surface area contributed by atoms with E-state index in [1.54, 1.807) is 25.1 Å². The topological polar surface area (TPSA) is 90.7 Å². The lowest BCUT2D eigenvalue weighted by Crippen LogP contribution is -2.12. The number of carbonyl (C=O) groups is 1. The van der Waals surface area contributed by atoms with E-state index in [1.165, 1.54) is 12.1 Å². The first kappa shape index (κ1) is 15.1. The Kier molecular flexibility index (Phi) is 3.79. The molecule has 1 amide bonds. The van der Waals surface area contributed by atoms with Crippen molar-refractivity contribution in [2.24, 2.45) is 0 Å². The van der Waals surface area contributed by atoms with Gasteiger partial charge in [-0.3, -0.25) is 14.9 Å². The van der Waals surface area contributed by atoms with Crippen LogP contribution in [0.2, 0.25) is 5.02 Å². The Morgan fingerprint density at radius 1 is 1.26 bits per heavy atom. The van der Waals surface area contributed by atoms with Gasteiger partial charge in [-0.25, -0.2) is 0 Å². The first-order valence-corrected chi connectivity index (χ1v) is 6.99. The van der Waals surface area contributed by atoms with Crippen LogP contribution in [0.4, 0.5) is 11.4 Å². The van der Waals surface area contributed by atoms with Crippen LogP contribution in [-0.4, -0.2) is 17.6 Å². The highest BCUT2D eigenvalue weighted by Gasteiger charge is 2.19. The first-order valence-electron chi connectivity index (χ1n) is 6.61. The zero-order valence-corrected chi connectivity index (χ0v) is 12.7. The summed E-state index contributed by atoms with van der Waals surface area (Å²) in [5, 5.41) is 13.6. The van der Waals surface area contributed by atoms with E-state index in [9.17, 15) is 14.9 Å². The van der Waals surface area contributed by atoms with Gasteiger partial charge in [0, 0.05) is 17.2 Å². The van der Waals surface area contributed by atoms with E-state index in [0.717, 1.165) is 0 Å². The molecule has 23 heavy (non-hydrogen) atoms. The SMILES string of the molecule is Cc1cc(NC(=O)c2ccc3c(c2)OCO3)c(Cl)cc1[N+](=O)[O-]. The summed E-state index contributed by atoms with van der Waals surface area (Å²) in [6.45, 7) is 1.69. The average molecular weight is 335 g/mol. The number of amides is 1. The van der Waals surface area contributed by atoms with Gasteiger partial charge in [0.15, 0.2) is 11.5 Å². The molecular weight excluding hydrogens is 324 g/mol. The maximum Gasteiger partial charge on any atom is 0.273 e. The Balaban J connectivity index is 1.86. The van der Waals surface area contributed by atoms with E-state index < -0.39 is 10.8 Å². The molecule has 2 aromatic carbocycles. The highest BCUT2D eigenvalue weighted by atomic mass is 35.5. The maximum atomic E-state index is 12.3. The van der Waals surface area contributed by atoms with Crippen molar-refractivity contribution in [3.8, 4) is 11.5 Å².